The molecule has 0 fully saturated rings. The first kappa shape index (κ1) is 13.2. The van der Waals surface area contributed by atoms with Crippen LogP contribution in [0.2, 0.25) is 0 Å². The number of nitrogens with one attached hydrogen (secondary N) is 1. The minimum Gasteiger partial charge on any atom is -0.474 e. The molecule has 2 aliphatic rings. The molecule has 0 saturated heterocycles. The van der Waals surface area contributed by atoms with Gasteiger partial charge in [-0.3, -0.25) is 4.57 Å². The number of hydrogen-bond donors (Lipinski definition) is 1. The van der Waals surface area contributed by atoms with Gasteiger partial charge >= 0.3 is 5.69 Å². The number of anilines is 1. The highest BCUT2D eigenvalue weighted by molar-refractivity contribution is 5.94. The van der Waals surface area contributed by atoms with Gasteiger partial charge in [-0.15, -0.1) is 0 Å². The van der Waals surface area contributed by atoms with Crippen LogP contribution < -0.4 is 10.6 Å². The average Bonchev–Trinajstić information content (AvgIpc) is 3.14. The predicted octanol–water partition coefficient (Wildman–Crippen LogP) is 1.67. The molecule has 22 heavy (non-hydrogen) atoms. The predicted molar refractivity (Wildman–Crippen MR) is 85.1 cm³/mol. The maximum atomic E-state index is 12.5. The van der Waals surface area contributed by atoms with Gasteiger partial charge in [-0.25, -0.2) is 9.79 Å². The Hall–Kier alpha value is -2.50. The van der Waals surface area contributed by atoms with E-state index in [0.717, 1.165) is 17.1 Å². The zero-order valence-corrected chi connectivity index (χ0v) is 12.7. The molecule has 0 aliphatic carbocycles. The Labute approximate surface area is 128 Å². The fourth-order valence-corrected chi connectivity index (χ4v) is 3.14. The first-order valence-corrected chi connectivity index (χ1v) is 7.54. The monoisotopic (exact) mass is 298 g/mol. The molecule has 1 aromatic carbocycles. The number of H-pyrrole nitrogens is 1. The first-order valence-electron chi connectivity index (χ1n) is 7.54. The Morgan fingerprint density at radius 1 is 1.27 bits per heavy atom. The van der Waals surface area contributed by atoms with E-state index in [1.165, 1.54) is 0 Å². The molecule has 3 heterocycles. The summed E-state index contributed by atoms with van der Waals surface area (Å²) in [5.74, 6) is 0.550. The molecule has 0 spiro atoms. The number of hydrogen-bond acceptors (Lipinski definition) is 4. The van der Waals surface area contributed by atoms with E-state index in [1.807, 2.05) is 18.2 Å². The number of para-hydroxylation sites is 2. The number of rotatable bonds is 2. The summed E-state index contributed by atoms with van der Waals surface area (Å²) in [6, 6.07) is 8.32. The Kier molecular flexibility index (Phi) is 2.85. The fourth-order valence-electron chi connectivity index (χ4n) is 3.14. The standard InChI is InChI=1S/C16H18N4O2/c1-10(2)19-9-13-14(15-17-7-8-22-15)18-16(21)20(13)12-6-4-3-5-11(12)19/h3-6,10H,7-9H2,1-2H3,(H,18,21). The normalized spacial score (nSPS) is 16.3. The highest BCUT2D eigenvalue weighted by Crippen LogP contribution is 2.33. The van der Waals surface area contributed by atoms with E-state index < -0.39 is 0 Å². The van der Waals surface area contributed by atoms with Crippen molar-refractivity contribution >= 4 is 11.6 Å². The van der Waals surface area contributed by atoms with Crippen LogP contribution in [0, 0.1) is 0 Å². The average molecular weight is 298 g/mol. The van der Waals surface area contributed by atoms with E-state index in [2.05, 4.69) is 34.8 Å². The Morgan fingerprint density at radius 2 is 2.05 bits per heavy atom. The van der Waals surface area contributed by atoms with Crippen molar-refractivity contribution in [3.05, 3.63) is 46.1 Å². The maximum Gasteiger partial charge on any atom is 0.331 e. The van der Waals surface area contributed by atoms with E-state index in [9.17, 15) is 4.79 Å². The molecule has 2 aliphatic heterocycles. The maximum absolute atomic E-state index is 12.5. The number of nitrogens with zero attached hydrogens (tertiary/aromatic N) is 3. The summed E-state index contributed by atoms with van der Waals surface area (Å²) in [4.78, 5) is 22.0. The molecule has 2 aromatic rings. The van der Waals surface area contributed by atoms with E-state index in [0.29, 0.717) is 37.3 Å². The lowest BCUT2D eigenvalue weighted by Gasteiger charge is -2.35. The van der Waals surface area contributed by atoms with Crippen molar-refractivity contribution in [1.82, 2.24) is 9.55 Å². The summed E-state index contributed by atoms with van der Waals surface area (Å²) >= 11 is 0. The van der Waals surface area contributed by atoms with Crippen molar-refractivity contribution in [2.45, 2.75) is 26.4 Å². The van der Waals surface area contributed by atoms with Crippen LogP contribution in [0.15, 0.2) is 34.1 Å². The number of aromatic nitrogens is 2. The molecule has 114 valence electrons. The number of fused-ring (bicyclic) bond motifs is 3. The number of benzene rings is 1. The summed E-state index contributed by atoms with van der Waals surface area (Å²) in [7, 11) is 0. The van der Waals surface area contributed by atoms with E-state index >= 15 is 0 Å². The van der Waals surface area contributed by atoms with Gasteiger partial charge in [0.1, 0.15) is 12.3 Å². The van der Waals surface area contributed by atoms with Gasteiger partial charge in [0.25, 0.3) is 0 Å². The summed E-state index contributed by atoms with van der Waals surface area (Å²) in [6.45, 7) is 6.19. The van der Waals surface area contributed by atoms with Gasteiger partial charge < -0.3 is 14.6 Å². The summed E-state index contributed by atoms with van der Waals surface area (Å²) in [6.07, 6.45) is 0. The summed E-state index contributed by atoms with van der Waals surface area (Å²) in [5, 5.41) is 0. The molecule has 1 aromatic heterocycles. The lowest BCUT2D eigenvalue weighted by atomic mass is 10.1. The molecule has 0 bridgehead atoms. The lowest BCUT2D eigenvalue weighted by Crippen LogP contribution is -2.37. The van der Waals surface area contributed by atoms with Crippen LogP contribution in [0.25, 0.3) is 5.69 Å². The number of ether oxygens (including phenoxy) is 1. The van der Waals surface area contributed by atoms with Crippen LogP contribution in [0.5, 0.6) is 0 Å². The number of imidazole rings is 1. The van der Waals surface area contributed by atoms with Crippen molar-refractivity contribution in [2.75, 3.05) is 18.1 Å². The van der Waals surface area contributed by atoms with Gasteiger partial charge in [0.15, 0.2) is 0 Å². The number of aliphatic imine (C=N–C) groups is 1. The van der Waals surface area contributed by atoms with Crippen LogP contribution in [-0.4, -0.2) is 34.6 Å². The van der Waals surface area contributed by atoms with Crippen molar-refractivity contribution in [3.8, 4) is 5.69 Å². The van der Waals surface area contributed by atoms with Crippen LogP contribution in [0.1, 0.15) is 25.2 Å². The summed E-state index contributed by atoms with van der Waals surface area (Å²) < 4.78 is 7.29. The van der Waals surface area contributed by atoms with Gasteiger partial charge in [0.2, 0.25) is 5.90 Å². The Bertz CT molecular complexity index is 816. The lowest BCUT2D eigenvalue weighted by molar-refractivity contribution is 0.347. The zero-order chi connectivity index (χ0) is 15.3. The Morgan fingerprint density at radius 3 is 2.73 bits per heavy atom. The number of aromatic amines is 1. The van der Waals surface area contributed by atoms with Gasteiger partial charge in [-0.05, 0) is 26.0 Å². The molecule has 0 amide bonds. The molecule has 0 unspecified atom stereocenters. The van der Waals surface area contributed by atoms with Crippen LogP contribution in [-0.2, 0) is 11.3 Å². The third-order valence-electron chi connectivity index (χ3n) is 4.17. The topological polar surface area (TPSA) is 62.6 Å². The van der Waals surface area contributed by atoms with Gasteiger partial charge in [-0.2, -0.15) is 0 Å². The van der Waals surface area contributed by atoms with Crippen LogP contribution in [0.3, 0.4) is 0 Å². The van der Waals surface area contributed by atoms with E-state index in [-0.39, 0.29) is 5.69 Å². The smallest absolute Gasteiger partial charge is 0.331 e. The molecule has 1 N–H and O–H groups in total. The second-order valence-corrected chi connectivity index (χ2v) is 5.83. The fraction of sp³-hybridized carbons (Fsp3) is 0.375. The molecule has 4 rings (SSSR count). The third-order valence-corrected chi connectivity index (χ3v) is 4.17. The van der Waals surface area contributed by atoms with Crippen molar-refractivity contribution < 1.29 is 4.74 Å². The van der Waals surface area contributed by atoms with Gasteiger partial charge in [0, 0.05) is 6.04 Å². The Balaban J connectivity index is 1.96. The minimum atomic E-state index is -0.140. The minimum absolute atomic E-state index is 0.140. The second-order valence-electron chi connectivity index (χ2n) is 5.83. The van der Waals surface area contributed by atoms with Crippen LogP contribution >= 0.6 is 0 Å². The SMILES string of the molecule is CC(C)N1Cc2c(C3=NCCO3)[nH]c(=O)n2-c2ccccc21. The molecule has 0 radical (unpaired) electrons. The largest absolute Gasteiger partial charge is 0.474 e. The second kappa shape index (κ2) is 4.76. The van der Waals surface area contributed by atoms with Crippen molar-refractivity contribution in [3.63, 3.8) is 0 Å². The molecular formula is C16H18N4O2. The van der Waals surface area contributed by atoms with E-state index in [1.54, 1.807) is 4.57 Å². The van der Waals surface area contributed by atoms with Crippen molar-refractivity contribution in [1.29, 1.82) is 0 Å². The molecule has 0 atom stereocenters. The van der Waals surface area contributed by atoms with Gasteiger partial charge in [-0.1, -0.05) is 12.1 Å². The zero-order valence-electron chi connectivity index (χ0n) is 12.7. The molecule has 6 nitrogen and oxygen atoms in total. The third kappa shape index (κ3) is 1.80. The van der Waals surface area contributed by atoms with E-state index in [4.69, 9.17) is 4.74 Å². The summed E-state index contributed by atoms with van der Waals surface area (Å²) in [5.41, 5.74) is 3.47. The van der Waals surface area contributed by atoms with Gasteiger partial charge in [0.05, 0.1) is 30.2 Å². The molecular weight excluding hydrogens is 280 g/mol. The highest BCUT2D eigenvalue weighted by atomic mass is 16.5. The van der Waals surface area contributed by atoms with Crippen molar-refractivity contribution in [2.24, 2.45) is 4.99 Å². The highest BCUT2D eigenvalue weighted by Gasteiger charge is 2.30. The molecule has 0 saturated carbocycles. The van der Waals surface area contributed by atoms with Crippen LogP contribution in [0.4, 0.5) is 5.69 Å². The first-order chi connectivity index (χ1) is 10.7. The molecule has 6 heteroatoms. The quantitative estimate of drug-likeness (QED) is 0.917.